The van der Waals surface area contributed by atoms with E-state index >= 15 is 0 Å². The van der Waals surface area contributed by atoms with E-state index in [-0.39, 0.29) is 17.7 Å². The SMILES string of the molecule is CC(=O)NC1CCCN(CCS(=O)(=O)c2ccccc2)C1. The van der Waals surface area contributed by atoms with E-state index in [0.29, 0.717) is 11.4 Å². The van der Waals surface area contributed by atoms with E-state index in [0.717, 1.165) is 25.9 Å². The lowest BCUT2D eigenvalue weighted by atomic mass is 10.1. The lowest BCUT2D eigenvalue weighted by molar-refractivity contribution is -0.120. The Morgan fingerprint density at radius 3 is 2.71 bits per heavy atom. The number of rotatable bonds is 5. The minimum atomic E-state index is -3.23. The van der Waals surface area contributed by atoms with Crippen LogP contribution in [0.2, 0.25) is 0 Å². The molecule has 0 bridgehead atoms. The number of likely N-dealkylation sites (tertiary alicyclic amines) is 1. The Morgan fingerprint density at radius 2 is 2.05 bits per heavy atom. The summed E-state index contributed by atoms with van der Waals surface area (Å²) >= 11 is 0. The van der Waals surface area contributed by atoms with Crippen molar-refractivity contribution in [3.05, 3.63) is 30.3 Å². The van der Waals surface area contributed by atoms with Crippen molar-refractivity contribution in [2.24, 2.45) is 0 Å². The van der Waals surface area contributed by atoms with Gasteiger partial charge in [0.1, 0.15) is 0 Å². The lowest BCUT2D eigenvalue weighted by Crippen LogP contribution is -2.48. The third kappa shape index (κ3) is 4.82. The first-order valence-electron chi connectivity index (χ1n) is 7.24. The number of amides is 1. The molecule has 1 amide bonds. The minimum absolute atomic E-state index is 0.0289. The smallest absolute Gasteiger partial charge is 0.217 e. The molecule has 0 aliphatic carbocycles. The van der Waals surface area contributed by atoms with Gasteiger partial charge in [-0.15, -0.1) is 0 Å². The molecule has 1 saturated heterocycles. The number of sulfone groups is 1. The molecule has 1 aliphatic rings. The van der Waals surface area contributed by atoms with Gasteiger partial charge >= 0.3 is 0 Å². The van der Waals surface area contributed by atoms with E-state index in [1.807, 2.05) is 6.07 Å². The second kappa shape index (κ2) is 7.04. The number of nitrogens with one attached hydrogen (secondary N) is 1. The summed E-state index contributed by atoms with van der Waals surface area (Å²) in [7, 11) is -3.23. The molecule has 0 radical (unpaired) electrons. The molecule has 6 heteroatoms. The number of hydrogen-bond acceptors (Lipinski definition) is 4. The zero-order chi connectivity index (χ0) is 15.3. The summed E-state index contributed by atoms with van der Waals surface area (Å²) in [6.07, 6.45) is 1.94. The standard InChI is InChI=1S/C15H22N2O3S/c1-13(18)16-14-6-5-9-17(12-14)10-11-21(19,20)15-7-3-2-4-8-15/h2-4,7-8,14H,5-6,9-12H2,1H3,(H,16,18). The fourth-order valence-electron chi connectivity index (χ4n) is 2.66. The average molecular weight is 310 g/mol. The summed E-state index contributed by atoms with van der Waals surface area (Å²) in [5, 5.41) is 2.91. The molecule has 1 heterocycles. The summed E-state index contributed by atoms with van der Waals surface area (Å²) in [5.41, 5.74) is 0. The van der Waals surface area contributed by atoms with Crippen molar-refractivity contribution in [2.45, 2.75) is 30.7 Å². The highest BCUT2D eigenvalue weighted by Crippen LogP contribution is 2.13. The number of nitrogens with zero attached hydrogens (tertiary/aromatic N) is 1. The first-order valence-corrected chi connectivity index (χ1v) is 8.90. The molecule has 0 spiro atoms. The third-order valence-corrected chi connectivity index (χ3v) is 5.40. The molecule has 116 valence electrons. The maximum absolute atomic E-state index is 12.2. The number of carbonyl (C=O) groups is 1. The highest BCUT2D eigenvalue weighted by Gasteiger charge is 2.22. The Balaban J connectivity index is 1.89. The molecule has 1 aliphatic heterocycles. The topological polar surface area (TPSA) is 66.5 Å². The molecule has 21 heavy (non-hydrogen) atoms. The van der Waals surface area contributed by atoms with Crippen LogP contribution in [0.5, 0.6) is 0 Å². The highest BCUT2D eigenvalue weighted by atomic mass is 32.2. The molecule has 1 N–H and O–H groups in total. The fraction of sp³-hybridized carbons (Fsp3) is 0.533. The Kier molecular flexibility index (Phi) is 5.36. The van der Waals surface area contributed by atoms with Crippen molar-refractivity contribution in [2.75, 3.05) is 25.4 Å². The first kappa shape index (κ1) is 16.0. The van der Waals surface area contributed by atoms with Crippen LogP contribution in [0.1, 0.15) is 19.8 Å². The number of hydrogen-bond donors (Lipinski definition) is 1. The Labute approximate surface area is 126 Å². The number of benzene rings is 1. The van der Waals surface area contributed by atoms with Crippen LogP contribution < -0.4 is 5.32 Å². The van der Waals surface area contributed by atoms with E-state index in [1.165, 1.54) is 6.92 Å². The summed E-state index contributed by atoms with van der Waals surface area (Å²) in [6, 6.07) is 8.68. The fourth-order valence-corrected chi connectivity index (χ4v) is 3.96. The second-order valence-corrected chi connectivity index (χ2v) is 7.58. The van der Waals surface area contributed by atoms with Crippen LogP contribution in [0.3, 0.4) is 0 Å². The van der Waals surface area contributed by atoms with Crippen LogP contribution in [0, 0.1) is 0 Å². The summed E-state index contributed by atoms with van der Waals surface area (Å²) in [5.74, 6) is 0.0860. The van der Waals surface area contributed by atoms with Gasteiger partial charge < -0.3 is 10.2 Å². The van der Waals surface area contributed by atoms with E-state index in [2.05, 4.69) is 10.2 Å². The second-order valence-electron chi connectivity index (χ2n) is 5.47. The van der Waals surface area contributed by atoms with Crippen molar-refractivity contribution in [3.63, 3.8) is 0 Å². The molecule has 0 saturated carbocycles. The monoisotopic (exact) mass is 310 g/mol. The van der Waals surface area contributed by atoms with Gasteiger partial charge in [0.25, 0.3) is 0 Å². The summed E-state index contributed by atoms with van der Waals surface area (Å²) in [4.78, 5) is 13.6. The number of carbonyl (C=O) groups excluding carboxylic acids is 1. The molecule has 2 rings (SSSR count). The molecule has 1 aromatic rings. The van der Waals surface area contributed by atoms with Gasteiger partial charge in [0, 0.05) is 26.1 Å². The van der Waals surface area contributed by atoms with Gasteiger partial charge in [-0.3, -0.25) is 4.79 Å². The zero-order valence-electron chi connectivity index (χ0n) is 12.3. The van der Waals surface area contributed by atoms with E-state index < -0.39 is 9.84 Å². The van der Waals surface area contributed by atoms with E-state index in [4.69, 9.17) is 0 Å². The van der Waals surface area contributed by atoms with Gasteiger partial charge in [-0.2, -0.15) is 0 Å². The maximum Gasteiger partial charge on any atom is 0.217 e. The van der Waals surface area contributed by atoms with Gasteiger partial charge in [0.2, 0.25) is 5.91 Å². The van der Waals surface area contributed by atoms with Gasteiger partial charge in [-0.1, -0.05) is 18.2 Å². The molecule has 1 unspecified atom stereocenters. The molecule has 0 aromatic heterocycles. The van der Waals surface area contributed by atoms with E-state index in [1.54, 1.807) is 24.3 Å². The first-order chi connectivity index (χ1) is 9.97. The lowest BCUT2D eigenvalue weighted by Gasteiger charge is -2.32. The molecule has 1 fully saturated rings. The predicted octanol–water partition coefficient (Wildman–Crippen LogP) is 1.06. The predicted molar refractivity (Wildman–Crippen MR) is 81.8 cm³/mol. The molecular formula is C15H22N2O3S. The molecular weight excluding hydrogens is 288 g/mol. The molecule has 5 nitrogen and oxygen atoms in total. The Bertz CT molecular complexity index is 572. The molecule has 1 atom stereocenters. The van der Waals surface area contributed by atoms with Crippen molar-refractivity contribution < 1.29 is 13.2 Å². The highest BCUT2D eigenvalue weighted by molar-refractivity contribution is 7.91. The van der Waals surface area contributed by atoms with Crippen LogP contribution in [0.15, 0.2) is 35.2 Å². The Hall–Kier alpha value is -1.40. The third-order valence-electron chi connectivity index (χ3n) is 3.69. The Morgan fingerprint density at radius 1 is 1.33 bits per heavy atom. The summed E-state index contributed by atoms with van der Waals surface area (Å²) < 4.78 is 24.5. The van der Waals surface area contributed by atoms with Gasteiger partial charge in [-0.05, 0) is 31.5 Å². The number of piperidine rings is 1. The largest absolute Gasteiger partial charge is 0.352 e. The van der Waals surface area contributed by atoms with Crippen molar-refractivity contribution in [1.29, 1.82) is 0 Å². The van der Waals surface area contributed by atoms with Crippen molar-refractivity contribution in [3.8, 4) is 0 Å². The minimum Gasteiger partial charge on any atom is -0.352 e. The van der Waals surface area contributed by atoms with Gasteiger partial charge in [0.05, 0.1) is 10.6 Å². The van der Waals surface area contributed by atoms with Crippen LogP contribution in [0.25, 0.3) is 0 Å². The summed E-state index contributed by atoms with van der Waals surface area (Å²) in [6.45, 7) is 3.64. The van der Waals surface area contributed by atoms with Crippen molar-refractivity contribution >= 4 is 15.7 Å². The van der Waals surface area contributed by atoms with Crippen molar-refractivity contribution in [1.82, 2.24) is 10.2 Å². The van der Waals surface area contributed by atoms with Crippen LogP contribution in [-0.2, 0) is 14.6 Å². The zero-order valence-corrected chi connectivity index (χ0v) is 13.1. The average Bonchev–Trinajstić information content (AvgIpc) is 2.46. The quantitative estimate of drug-likeness (QED) is 0.883. The maximum atomic E-state index is 12.2. The van der Waals surface area contributed by atoms with E-state index in [9.17, 15) is 13.2 Å². The molecule has 1 aromatic carbocycles. The van der Waals surface area contributed by atoms with Crippen LogP contribution in [0.4, 0.5) is 0 Å². The normalized spacial score (nSPS) is 20.1. The van der Waals surface area contributed by atoms with Crippen LogP contribution >= 0.6 is 0 Å². The van der Waals surface area contributed by atoms with Crippen LogP contribution in [-0.4, -0.2) is 50.7 Å². The van der Waals surface area contributed by atoms with Gasteiger partial charge in [-0.25, -0.2) is 8.42 Å². The van der Waals surface area contributed by atoms with Gasteiger partial charge in [0.15, 0.2) is 9.84 Å².